The smallest absolute Gasteiger partial charge is 0.253 e. The molecule has 1 saturated heterocycles. The third-order valence-electron chi connectivity index (χ3n) is 5.77. The van der Waals surface area contributed by atoms with Crippen LogP contribution in [0.2, 0.25) is 0 Å². The van der Waals surface area contributed by atoms with E-state index < -0.39 is 0 Å². The number of piperidine rings is 1. The molecule has 0 radical (unpaired) electrons. The van der Waals surface area contributed by atoms with Crippen LogP contribution in [0.1, 0.15) is 40.5 Å². The fourth-order valence-corrected chi connectivity index (χ4v) is 4.17. The van der Waals surface area contributed by atoms with Crippen molar-refractivity contribution < 1.29 is 9.32 Å². The first-order valence-electron chi connectivity index (χ1n) is 10.7. The van der Waals surface area contributed by atoms with Gasteiger partial charge in [-0.2, -0.15) is 0 Å². The first-order valence-corrected chi connectivity index (χ1v) is 10.7. The van der Waals surface area contributed by atoms with E-state index in [0.29, 0.717) is 23.7 Å². The standard InChI is InChI=1S/C25H23N5O2/c1-17-14-22(32-29-17)21-15-27-24(18-6-3-2-4-7-18)28-23(21)20-8-5-13-30(16-20)25(31)19-9-11-26-12-10-19/h2-4,6-7,9-12,14-15,20H,5,8,13,16H2,1H3. The van der Waals surface area contributed by atoms with E-state index in [0.717, 1.165) is 41.9 Å². The molecule has 0 spiro atoms. The molecule has 0 aliphatic carbocycles. The molecule has 1 unspecified atom stereocenters. The molecule has 1 aliphatic heterocycles. The molecule has 7 heteroatoms. The van der Waals surface area contributed by atoms with Crippen LogP contribution in [0, 0.1) is 6.92 Å². The fraction of sp³-hybridized carbons (Fsp3) is 0.240. The van der Waals surface area contributed by atoms with Gasteiger partial charge in [-0.3, -0.25) is 9.78 Å². The van der Waals surface area contributed by atoms with Crippen molar-refractivity contribution in [3.8, 4) is 22.7 Å². The largest absolute Gasteiger partial charge is 0.356 e. The lowest BCUT2D eigenvalue weighted by atomic mass is 9.90. The summed E-state index contributed by atoms with van der Waals surface area (Å²) in [5.41, 5.74) is 4.13. The Balaban J connectivity index is 1.52. The van der Waals surface area contributed by atoms with Gasteiger partial charge in [0.05, 0.1) is 17.0 Å². The zero-order valence-corrected chi connectivity index (χ0v) is 17.8. The van der Waals surface area contributed by atoms with E-state index in [1.54, 1.807) is 24.5 Å². The van der Waals surface area contributed by atoms with Crippen LogP contribution in [0.4, 0.5) is 0 Å². The molecular formula is C25H23N5O2. The molecule has 1 aromatic carbocycles. The summed E-state index contributed by atoms with van der Waals surface area (Å²) >= 11 is 0. The summed E-state index contributed by atoms with van der Waals surface area (Å²) in [7, 11) is 0. The summed E-state index contributed by atoms with van der Waals surface area (Å²) in [6.45, 7) is 3.21. The molecule has 3 aromatic heterocycles. The van der Waals surface area contributed by atoms with Gasteiger partial charge in [0, 0.05) is 54.8 Å². The Morgan fingerprint density at radius 1 is 1.12 bits per heavy atom. The Morgan fingerprint density at radius 2 is 1.94 bits per heavy atom. The maximum atomic E-state index is 13.1. The minimum atomic E-state index is 0.0199. The van der Waals surface area contributed by atoms with Crippen molar-refractivity contribution in [2.24, 2.45) is 0 Å². The molecule has 4 heterocycles. The molecule has 7 nitrogen and oxygen atoms in total. The Kier molecular flexibility index (Phi) is 5.46. The van der Waals surface area contributed by atoms with Gasteiger partial charge in [0.2, 0.25) is 0 Å². The number of hydrogen-bond acceptors (Lipinski definition) is 6. The average Bonchev–Trinajstić information content (AvgIpc) is 3.30. The SMILES string of the molecule is Cc1cc(-c2cnc(-c3ccccc3)nc2C2CCCN(C(=O)c3ccncc3)C2)on1. The monoisotopic (exact) mass is 425 g/mol. The first kappa shape index (κ1) is 20.1. The Bertz CT molecular complexity index is 1220. The highest BCUT2D eigenvalue weighted by Crippen LogP contribution is 2.35. The molecule has 1 atom stereocenters. The average molecular weight is 425 g/mol. The number of nitrogens with zero attached hydrogens (tertiary/aromatic N) is 5. The van der Waals surface area contributed by atoms with Crippen LogP contribution in [0.3, 0.4) is 0 Å². The van der Waals surface area contributed by atoms with Crippen molar-refractivity contribution >= 4 is 5.91 Å². The zero-order valence-electron chi connectivity index (χ0n) is 17.8. The third-order valence-corrected chi connectivity index (χ3v) is 5.77. The first-order chi connectivity index (χ1) is 15.7. The van der Waals surface area contributed by atoms with E-state index in [2.05, 4.69) is 15.1 Å². The molecule has 160 valence electrons. The topological polar surface area (TPSA) is 85.0 Å². The Labute approximate surface area is 186 Å². The summed E-state index contributed by atoms with van der Waals surface area (Å²) in [4.78, 5) is 28.6. The summed E-state index contributed by atoms with van der Waals surface area (Å²) in [6, 6.07) is 15.3. The third kappa shape index (κ3) is 4.01. The predicted octanol–water partition coefficient (Wildman–Crippen LogP) is 4.52. The Morgan fingerprint density at radius 3 is 2.69 bits per heavy atom. The van der Waals surface area contributed by atoms with Gasteiger partial charge in [-0.25, -0.2) is 9.97 Å². The van der Waals surface area contributed by atoms with Crippen LogP contribution in [0.15, 0.2) is 71.6 Å². The highest BCUT2D eigenvalue weighted by atomic mass is 16.5. The molecule has 0 saturated carbocycles. The van der Waals surface area contributed by atoms with Crippen LogP contribution in [0.5, 0.6) is 0 Å². The normalized spacial score (nSPS) is 16.2. The number of pyridine rings is 1. The minimum Gasteiger partial charge on any atom is -0.356 e. The van der Waals surface area contributed by atoms with Crippen LogP contribution in [-0.2, 0) is 0 Å². The summed E-state index contributed by atoms with van der Waals surface area (Å²) in [5, 5.41) is 4.04. The summed E-state index contributed by atoms with van der Waals surface area (Å²) < 4.78 is 5.55. The van der Waals surface area contributed by atoms with Gasteiger partial charge in [0.25, 0.3) is 5.91 Å². The van der Waals surface area contributed by atoms with Gasteiger partial charge in [0.1, 0.15) is 0 Å². The second kappa shape index (κ2) is 8.70. The second-order valence-electron chi connectivity index (χ2n) is 8.02. The van der Waals surface area contributed by atoms with Gasteiger partial charge < -0.3 is 9.42 Å². The summed E-state index contributed by atoms with van der Waals surface area (Å²) in [6.07, 6.45) is 6.95. The fourth-order valence-electron chi connectivity index (χ4n) is 4.17. The van der Waals surface area contributed by atoms with Crippen LogP contribution in [0.25, 0.3) is 22.7 Å². The van der Waals surface area contributed by atoms with Crippen molar-refractivity contribution in [2.45, 2.75) is 25.7 Å². The highest BCUT2D eigenvalue weighted by Gasteiger charge is 2.29. The number of carbonyl (C=O) groups is 1. The van der Waals surface area contributed by atoms with Crippen molar-refractivity contribution in [3.05, 3.63) is 84.1 Å². The van der Waals surface area contributed by atoms with E-state index in [1.165, 1.54) is 0 Å². The number of carbonyl (C=O) groups excluding carboxylic acids is 1. The van der Waals surface area contributed by atoms with Crippen LogP contribution < -0.4 is 0 Å². The summed E-state index contributed by atoms with van der Waals surface area (Å²) in [5.74, 6) is 1.40. The van der Waals surface area contributed by atoms with Crippen molar-refractivity contribution in [2.75, 3.05) is 13.1 Å². The van der Waals surface area contributed by atoms with E-state index in [1.807, 2.05) is 54.4 Å². The molecule has 1 amide bonds. The van der Waals surface area contributed by atoms with Gasteiger partial charge >= 0.3 is 0 Å². The lowest BCUT2D eigenvalue weighted by Gasteiger charge is -2.33. The quantitative estimate of drug-likeness (QED) is 0.478. The van der Waals surface area contributed by atoms with Crippen molar-refractivity contribution in [3.63, 3.8) is 0 Å². The minimum absolute atomic E-state index is 0.0199. The van der Waals surface area contributed by atoms with Gasteiger partial charge in [0.15, 0.2) is 11.6 Å². The van der Waals surface area contributed by atoms with E-state index in [-0.39, 0.29) is 11.8 Å². The molecular weight excluding hydrogens is 402 g/mol. The predicted molar refractivity (Wildman–Crippen MR) is 120 cm³/mol. The number of aromatic nitrogens is 4. The lowest BCUT2D eigenvalue weighted by molar-refractivity contribution is 0.0706. The van der Waals surface area contributed by atoms with Crippen LogP contribution >= 0.6 is 0 Å². The number of aryl methyl sites for hydroxylation is 1. The van der Waals surface area contributed by atoms with Gasteiger partial charge in [-0.1, -0.05) is 35.5 Å². The van der Waals surface area contributed by atoms with Gasteiger partial charge in [-0.15, -0.1) is 0 Å². The number of rotatable bonds is 4. The molecule has 5 rings (SSSR count). The van der Waals surface area contributed by atoms with Gasteiger partial charge in [-0.05, 0) is 31.9 Å². The molecule has 0 bridgehead atoms. The van der Waals surface area contributed by atoms with E-state index in [9.17, 15) is 4.79 Å². The molecule has 1 aliphatic rings. The van der Waals surface area contributed by atoms with Crippen molar-refractivity contribution in [1.29, 1.82) is 0 Å². The Hall–Kier alpha value is -3.87. The van der Waals surface area contributed by atoms with E-state index in [4.69, 9.17) is 9.51 Å². The van der Waals surface area contributed by atoms with Crippen molar-refractivity contribution in [1.82, 2.24) is 25.0 Å². The number of amides is 1. The lowest BCUT2D eigenvalue weighted by Crippen LogP contribution is -2.39. The highest BCUT2D eigenvalue weighted by molar-refractivity contribution is 5.94. The molecule has 4 aromatic rings. The molecule has 0 N–H and O–H groups in total. The number of hydrogen-bond donors (Lipinski definition) is 0. The number of likely N-dealkylation sites (tertiary alicyclic amines) is 1. The van der Waals surface area contributed by atoms with E-state index >= 15 is 0 Å². The molecule has 1 fully saturated rings. The second-order valence-corrected chi connectivity index (χ2v) is 8.02. The number of benzene rings is 1. The zero-order chi connectivity index (χ0) is 21.9. The maximum absolute atomic E-state index is 13.1. The molecule has 32 heavy (non-hydrogen) atoms. The van der Waals surface area contributed by atoms with Crippen LogP contribution in [-0.4, -0.2) is 44.0 Å². The maximum Gasteiger partial charge on any atom is 0.253 e.